The second-order valence-corrected chi connectivity index (χ2v) is 5.95. The topological polar surface area (TPSA) is 46.5 Å². The van der Waals surface area contributed by atoms with Crippen molar-refractivity contribution in [3.05, 3.63) is 24.3 Å². The minimum Gasteiger partial charge on any atom is -0.469 e. The zero-order valence-electron chi connectivity index (χ0n) is 16.3. The van der Waals surface area contributed by atoms with Gasteiger partial charge in [0.25, 0.3) is 0 Å². The number of unbranched alkanes of at least 4 members (excludes halogenated alkanes) is 9. The van der Waals surface area contributed by atoms with Crippen LogP contribution in [0.25, 0.3) is 0 Å². The first-order valence-corrected chi connectivity index (χ1v) is 9.62. The van der Waals surface area contributed by atoms with Crippen LogP contribution in [0.2, 0.25) is 0 Å². The Morgan fingerprint density at radius 3 is 1.71 bits per heavy atom. The Kier molecular flexibility index (Phi) is 25.3. The fourth-order valence-corrected chi connectivity index (χ4v) is 2.22. The molecule has 3 heteroatoms. The monoisotopic (exact) mass is 340 g/mol. The van der Waals surface area contributed by atoms with Gasteiger partial charge in [0, 0.05) is 13.0 Å². The highest BCUT2D eigenvalue weighted by atomic mass is 16.5. The number of aliphatic hydroxyl groups excluding tert-OH is 1. The van der Waals surface area contributed by atoms with Crippen molar-refractivity contribution in [2.75, 3.05) is 13.7 Å². The van der Waals surface area contributed by atoms with Crippen LogP contribution in [-0.2, 0) is 9.53 Å². The van der Waals surface area contributed by atoms with E-state index in [4.69, 9.17) is 5.11 Å². The quantitative estimate of drug-likeness (QED) is 0.241. The standard InChI is InChI=1S/C11H20O2.C10H20O/c1-3-4-5-6-7-8-9-10-11(12)13-2;1-2-3-4-5-6-7-8-9-10-11/h3-4H,5-10H2,1-2H3;2-3,11H,4-10H2,1H3/b4-3-;3-2-. The molecule has 0 aliphatic heterocycles. The predicted octanol–water partition coefficient (Wildman–Crippen LogP) is 5.97. The molecule has 0 aliphatic carbocycles. The van der Waals surface area contributed by atoms with E-state index >= 15 is 0 Å². The number of hydrogen-bond acceptors (Lipinski definition) is 3. The van der Waals surface area contributed by atoms with Gasteiger partial charge in [-0.2, -0.15) is 0 Å². The van der Waals surface area contributed by atoms with Gasteiger partial charge >= 0.3 is 5.97 Å². The molecule has 0 aromatic rings. The molecular weight excluding hydrogens is 300 g/mol. The first kappa shape index (κ1) is 25.2. The van der Waals surface area contributed by atoms with Gasteiger partial charge in [-0.3, -0.25) is 4.79 Å². The van der Waals surface area contributed by atoms with Gasteiger partial charge in [0.15, 0.2) is 0 Å². The highest BCUT2D eigenvalue weighted by molar-refractivity contribution is 5.68. The summed E-state index contributed by atoms with van der Waals surface area (Å²) in [6.07, 6.45) is 22.1. The van der Waals surface area contributed by atoms with Crippen molar-refractivity contribution in [2.24, 2.45) is 0 Å². The van der Waals surface area contributed by atoms with Gasteiger partial charge in [-0.1, -0.05) is 56.4 Å². The van der Waals surface area contributed by atoms with E-state index in [1.165, 1.54) is 52.1 Å². The lowest BCUT2D eigenvalue weighted by atomic mass is 10.1. The maximum atomic E-state index is 10.7. The summed E-state index contributed by atoms with van der Waals surface area (Å²) < 4.78 is 4.55. The van der Waals surface area contributed by atoms with Crippen LogP contribution in [0.5, 0.6) is 0 Å². The van der Waals surface area contributed by atoms with Gasteiger partial charge in [0.05, 0.1) is 7.11 Å². The van der Waals surface area contributed by atoms with Crippen molar-refractivity contribution in [3.8, 4) is 0 Å². The Hall–Kier alpha value is -1.09. The van der Waals surface area contributed by atoms with E-state index in [9.17, 15) is 4.79 Å². The third-order valence-corrected chi connectivity index (χ3v) is 3.73. The van der Waals surface area contributed by atoms with Crippen LogP contribution in [-0.4, -0.2) is 24.8 Å². The molecule has 0 bridgehead atoms. The normalized spacial score (nSPS) is 10.8. The number of hydrogen-bond donors (Lipinski definition) is 1. The van der Waals surface area contributed by atoms with Crippen molar-refractivity contribution >= 4 is 5.97 Å². The number of aliphatic hydroxyl groups is 1. The second kappa shape index (κ2) is 24.2. The molecule has 0 saturated carbocycles. The van der Waals surface area contributed by atoms with E-state index in [-0.39, 0.29) is 5.97 Å². The fraction of sp³-hybridized carbons (Fsp3) is 0.762. The zero-order chi connectivity index (χ0) is 18.3. The molecule has 3 nitrogen and oxygen atoms in total. The summed E-state index contributed by atoms with van der Waals surface area (Å²) in [5, 5.41) is 8.50. The molecule has 0 amide bonds. The average molecular weight is 341 g/mol. The van der Waals surface area contributed by atoms with E-state index in [1.807, 2.05) is 6.92 Å². The molecule has 0 aromatic carbocycles. The molecule has 24 heavy (non-hydrogen) atoms. The SMILES string of the molecule is C/C=C\CCCCCCC(=O)OC.C/C=C\CCCCCCCO. The van der Waals surface area contributed by atoms with Crippen LogP contribution >= 0.6 is 0 Å². The van der Waals surface area contributed by atoms with Crippen LogP contribution in [0.15, 0.2) is 24.3 Å². The molecule has 1 N–H and O–H groups in total. The Balaban J connectivity index is 0. The van der Waals surface area contributed by atoms with Gasteiger partial charge < -0.3 is 9.84 Å². The summed E-state index contributed by atoms with van der Waals surface area (Å²) in [5.41, 5.74) is 0. The first-order chi connectivity index (χ1) is 11.7. The lowest BCUT2D eigenvalue weighted by Crippen LogP contribution is -1.98. The minimum atomic E-state index is -0.0894. The van der Waals surface area contributed by atoms with Gasteiger partial charge in [0.2, 0.25) is 0 Å². The van der Waals surface area contributed by atoms with Gasteiger partial charge in [-0.15, -0.1) is 0 Å². The lowest BCUT2D eigenvalue weighted by Gasteiger charge is -1.98. The molecule has 0 aliphatic rings. The Bertz CT molecular complexity index is 295. The molecule has 0 atom stereocenters. The van der Waals surface area contributed by atoms with Crippen molar-refractivity contribution in [3.63, 3.8) is 0 Å². The van der Waals surface area contributed by atoms with Crippen LogP contribution in [0.4, 0.5) is 0 Å². The van der Waals surface area contributed by atoms with Crippen molar-refractivity contribution in [1.29, 1.82) is 0 Å². The zero-order valence-corrected chi connectivity index (χ0v) is 16.3. The maximum Gasteiger partial charge on any atom is 0.305 e. The molecule has 0 fully saturated rings. The van der Waals surface area contributed by atoms with Crippen LogP contribution < -0.4 is 0 Å². The molecule has 0 aromatic heterocycles. The largest absolute Gasteiger partial charge is 0.469 e. The van der Waals surface area contributed by atoms with E-state index in [0.29, 0.717) is 13.0 Å². The Labute approximate surface area is 150 Å². The van der Waals surface area contributed by atoms with E-state index in [0.717, 1.165) is 25.7 Å². The van der Waals surface area contributed by atoms with Gasteiger partial charge in [-0.25, -0.2) is 0 Å². The third-order valence-electron chi connectivity index (χ3n) is 3.73. The van der Waals surface area contributed by atoms with Crippen molar-refractivity contribution in [2.45, 2.75) is 90.9 Å². The molecule has 142 valence electrons. The van der Waals surface area contributed by atoms with Gasteiger partial charge in [-0.05, 0) is 52.4 Å². The smallest absolute Gasteiger partial charge is 0.305 e. The number of ether oxygens (including phenoxy) is 1. The van der Waals surface area contributed by atoms with Crippen LogP contribution in [0.1, 0.15) is 90.9 Å². The number of carbonyl (C=O) groups is 1. The van der Waals surface area contributed by atoms with Crippen LogP contribution in [0, 0.1) is 0 Å². The number of allylic oxidation sites excluding steroid dienone is 4. The molecule has 0 heterocycles. The third kappa shape index (κ3) is 25.8. The summed E-state index contributed by atoms with van der Waals surface area (Å²) in [6, 6.07) is 0. The number of methoxy groups -OCH3 is 1. The van der Waals surface area contributed by atoms with E-state index < -0.39 is 0 Å². The molecule has 0 rings (SSSR count). The highest BCUT2D eigenvalue weighted by Crippen LogP contribution is 2.06. The maximum absolute atomic E-state index is 10.7. The second-order valence-electron chi connectivity index (χ2n) is 5.95. The summed E-state index contributed by atoms with van der Waals surface area (Å²) in [5.74, 6) is -0.0894. The summed E-state index contributed by atoms with van der Waals surface area (Å²) in [6.45, 7) is 4.46. The lowest BCUT2D eigenvalue weighted by molar-refractivity contribution is -0.140. The first-order valence-electron chi connectivity index (χ1n) is 9.62. The highest BCUT2D eigenvalue weighted by Gasteiger charge is 1.98. The molecule has 0 spiro atoms. The van der Waals surface area contributed by atoms with Gasteiger partial charge in [0.1, 0.15) is 0 Å². The molecule has 0 saturated heterocycles. The Morgan fingerprint density at radius 1 is 0.792 bits per heavy atom. The average Bonchev–Trinajstić information content (AvgIpc) is 2.60. The van der Waals surface area contributed by atoms with Crippen molar-refractivity contribution < 1.29 is 14.6 Å². The molecule has 0 radical (unpaired) electrons. The molecular formula is C21H40O3. The number of carbonyl (C=O) groups excluding carboxylic acids is 1. The summed E-state index contributed by atoms with van der Waals surface area (Å²) in [7, 11) is 1.44. The van der Waals surface area contributed by atoms with E-state index in [1.54, 1.807) is 0 Å². The fourth-order valence-electron chi connectivity index (χ4n) is 2.22. The molecule has 0 unspecified atom stereocenters. The summed E-state index contributed by atoms with van der Waals surface area (Å²) in [4.78, 5) is 10.7. The predicted molar refractivity (Wildman–Crippen MR) is 104 cm³/mol. The summed E-state index contributed by atoms with van der Waals surface area (Å²) >= 11 is 0. The Morgan fingerprint density at radius 2 is 1.25 bits per heavy atom. The van der Waals surface area contributed by atoms with Crippen LogP contribution in [0.3, 0.4) is 0 Å². The number of rotatable bonds is 14. The number of esters is 1. The minimum absolute atomic E-state index is 0.0894. The van der Waals surface area contributed by atoms with E-state index in [2.05, 4.69) is 36.0 Å². The van der Waals surface area contributed by atoms with Crippen molar-refractivity contribution in [1.82, 2.24) is 0 Å².